The van der Waals surface area contributed by atoms with Crippen molar-refractivity contribution in [1.29, 1.82) is 0 Å². The topological polar surface area (TPSA) is 80.5 Å². The fourth-order valence-corrected chi connectivity index (χ4v) is 3.23. The molecule has 2 heterocycles. The quantitative estimate of drug-likeness (QED) is 0.499. The van der Waals surface area contributed by atoms with Gasteiger partial charge >= 0.3 is 0 Å². The van der Waals surface area contributed by atoms with Gasteiger partial charge in [-0.1, -0.05) is 42.5 Å². The summed E-state index contributed by atoms with van der Waals surface area (Å²) in [6.07, 6.45) is 1.76. The molecule has 1 amide bonds. The van der Waals surface area contributed by atoms with Crippen LogP contribution in [0, 0.1) is 11.7 Å². The summed E-state index contributed by atoms with van der Waals surface area (Å²) in [6, 6.07) is 17.6. The molecule has 4 rings (SSSR count). The number of carbonyl (C=O) groups is 1. The van der Waals surface area contributed by atoms with Crippen molar-refractivity contribution in [2.24, 2.45) is 7.05 Å². The Morgan fingerprint density at radius 2 is 1.86 bits per heavy atom. The van der Waals surface area contributed by atoms with Crippen LogP contribution in [0.3, 0.4) is 0 Å². The van der Waals surface area contributed by atoms with Crippen LogP contribution in [0.1, 0.15) is 21.7 Å². The molecule has 0 unspecified atom stereocenters. The van der Waals surface area contributed by atoms with E-state index in [1.54, 1.807) is 22.5 Å². The number of para-hydroxylation sites is 1. The summed E-state index contributed by atoms with van der Waals surface area (Å²) in [5, 5.41) is 14.5. The Balaban J connectivity index is 1.71. The van der Waals surface area contributed by atoms with Crippen LogP contribution in [-0.4, -0.2) is 30.5 Å². The lowest BCUT2D eigenvalue weighted by Gasteiger charge is -2.07. The van der Waals surface area contributed by atoms with E-state index in [0.717, 1.165) is 16.8 Å². The molecule has 0 saturated heterocycles. The van der Waals surface area contributed by atoms with Crippen molar-refractivity contribution in [3.05, 3.63) is 82.5 Å². The van der Waals surface area contributed by atoms with E-state index in [9.17, 15) is 4.79 Å². The zero-order valence-electron chi connectivity index (χ0n) is 16.1. The summed E-state index contributed by atoms with van der Waals surface area (Å²) in [5.41, 5.74) is 4.00. The van der Waals surface area contributed by atoms with Crippen molar-refractivity contribution in [2.45, 2.75) is 13.5 Å². The van der Waals surface area contributed by atoms with Crippen molar-refractivity contribution in [3.63, 3.8) is 0 Å². The third kappa shape index (κ3) is 3.74. The molecule has 0 radical (unpaired) electrons. The van der Waals surface area contributed by atoms with Crippen molar-refractivity contribution >= 4 is 18.1 Å². The summed E-state index contributed by atoms with van der Waals surface area (Å²) in [7, 11) is 1.81. The molecular weight excluding hydrogens is 384 g/mol. The molecule has 0 bridgehead atoms. The number of amides is 1. The van der Waals surface area contributed by atoms with Gasteiger partial charge in [0.1, 0.15) is 5.69 Å². The van der Waals surface area contributed by atoms with Gasteiger partial charge in [-0.25, -0.2) is 4.68 Å². The first-order valence-corrected chi connectivity index (χ1v) is 9.55. The van der Waals surface area contributed by atoms with Crippen molar-refractivity contribution < 1.29 is 4.79 Å². The molecule has 29 heavy (non-hydrogen) atoms. The standard InChI is InChI=1S/C21H20N6OS/c1-14-8-6-7-11-16(14)19-17(13-27(25-19)15-9-4-3-5-10-15)20(28)22-12-18-23-24-21(29)26(18)2/h3-11,13H,12H2,1-2H3,(H,22,28)(H,24,29). The van der Waals surface area contributed by atoms with Crippen LogP contribution in [0.25, 0.3) is 16.9 Å². The molecule has 146 valence electrons. The van der Waals surface area contributed by atoms with Gasteiger partial charge in [-0.15, -0.1) is 0 Å². The zero-order chi connectivity index (χ0) is 20.4. The van der Waals surface area contributed by atoms with Crippen molar-refractivity contribution in [2.75, 3.05) is 0 Å². The molecule has 0 saturated carbocycles. The Morgan fingerprint density at radius 3 is 2.55 bits per heavy atom. The largest absolute Gasteiger partial charge is 0.345 e. The minimum Gasteiger partial charge on any atom is -0.345 e. The van der Waals surface area contributed by atoms with E-state index in [0.29, 0.717) is 21.9 Å². The minimum atomic E-state index is -0.223. The summed E-state index contributed by atoms with van der Waals surface area (Å²) in [6.45, 7) is 2.26. The molecule has 0 aliphatic heterocycles. The van der Waals surface area contributed by atoms with E-state index in [1.165, 1.54) is 0 Å². The third-order valence-electron chi connectivity index (χ3n) is 4.76. The molecule has 8 heteroatoms. The molecule has 0 atom stereocenters. The lowest BCUT2D eigenvalue weighted by molar-refractivity contribution is 0.0950. The maximum Gasteiger partial charge on any atom is 0.255 e. The summed E-state index contributed by atoms with van der Waals surface area (Å²) < 4.78 is 3.96. The highest BCUT2D eigenvalue weighted by Crippen LogP contribution is 2.26. The highest BCUT2D eigenvalue weighted by atomic mass is 32.1. The number of carbonyl (C=O) groups excluding carboxylic acids is 1. The van der Waals surface area contributed by atoms with E-state index in [-0.39, 0.29) is 12.5 Å². The number of aromatic nitrogens is 5. The van der Waals surface area contributed by atoms with Gasteiger partial charge in [0.05, 0.1) is 17.8 Å². The summed E-state index contributed by atoms with van der Waals surface area (Å²) >= 11 is 5.12. The van der Waals surface area contributed by atoms with Gasteiger partial charge in [-0.05, 0) is 36.8 Å². The second kappa shape index (κ2) is 7.84. The molecule has 7 nitrogen and oxygen atoms in total. The van der Waals surface area contributed by atoms with Crippen molar-refractivity contribution in [1.82, 2.24) is 29.9 Å². The van der Waals surface area contributed by atoms with Crippen LogP contribution in [0.4, 0.5) is 0 Å². The minimum absolute atomic E-state index is 0.223. The highest BCUT2D eigenvalue weighted by molar-refractivity contribution is 7.71. The molecule has 2 N–H and O–H groups in total. The van der Waals surface area contributed by atoms with Crippen LogP contribution in [0.5, 0.6) is 0 Å². The van der Waals surface area contributed by atoms with Gasteiger partial charge in [0, 0.05) is 18.8 Å². The summed E-state index contributed by atoms with van der Waals surface area (Å²) in [5.74, 6) is 0.426. The maximum atomic E-state index is 13.0. The number of hydrogen-bond donors (Lipinski definition) is 2. The van der Waals surface area contributed by atoms with Crippen LogP contribution >= 0.6 is 12.2 Å². The first-order valence-electron chi connectivity index (χ1n) is 9.14. The summed E-state index contributed by atoms with van der Waals surface area (Å²) in [4.78, 5) is 13.0. The second-order valence-electron chi connectivity index (χ2n) is 6.67. The van der Waals surface area contributed by atoms with Gasteiger partial charge in [-0.2, -0.15) is 10.2 Å². The fraction of sp³-hybridized carbons (Fsp3) is 0.143. The monoisotopic (exact) mass is 404 g/mol. The molecule has 0 aliphatic rings. The number of hydrogen-bond acceptors (Lipinski definition) is 4. The Bertz CT molecular complexity index is 1220. The Hall–Kier alpha value is -3.52. The third-order valence-corrected chi connectivity index (χ3v) is 5.12. The number of H-pyrrole nitrogens is 1. The maximum absolute atomic E-state index is 13.0. The van der Waals surface area contributed by atoms with E-state index >= 15 is 0 Å². The lowest BCUT2D eigenvalue weighted by Crippen LogP contribution is -2.24. The molecule has 2 aromatic carbocycles. The molecule has 0 aliphatic carbocycles. The van der Waals surface area contributed by atoms with Gasteiger partial charge in [0.2, 0.25) is 0 Å². The first kappa shape index (κ1) is 18.8. The van der Waals surface area contributed by atoms with Crippen LogP contribution in [-0.2, 0) is 13.6 Å². The predicted molar refractivity (Wildman–Crippen MR) is 113 cm³/mol. The lowest BCUT2D eigenvalue weighted by atomic mass is 10.0. The highest BCUT2D eigenvalue weighted by Gasteiger charge is 2.20. The molecule has 4 aromatic rings. The zero-order valence-corrected chi connectivity index (χ0v) is 16.9. The predicted octanol–water partition coefficient (Wildman–Crippen LogP) is 3.57. The molecule has 0 spiro atoms. The fourth-order valence-electron chi connectivity index (χ4n) is 3.08. The average molecular weight is 404 g/mol. The number of aromatic amines is 1. The Labute approximate surface area is 173 Å². The molecular formula is C21H20N6OS. The first-order chi connectivity index (χ1) is 14.0. The average Bonchev–Trinajstić information content (AvgIpc) is 3.32. The molecule has 0 fully saturated rings. The number of nitrogens with zero attached hydrogens (tertiary/aromatic N) is 4. The number of benzene rings is 2. The van der Waals surface area contributed by atoms with Crippen LogP contribution in [0.2, 0.25) is 0 Å². The van der Waals surface area contributed by atoms with Gasteiger partial charge in [0.15, 0.2) is 10.6 Å². The SMILES string of the molecule is Cc1ccccc1-c1nn(-c2ccccc2)cc1C(=O)NCc1n[nH]c(=S)n1C. The van der Waals surface area contributed by atoms with E-state index in [1.807, 2.05) is 61.5 Å². The van der Waals surface area contributed by atoms with Gasteiger partial charge in [0.25, 0.3) is 5.91 Å². The smallest absolute Gasteiger partial charge is 0.255 e. The van der Waals surface area contributed by atoms with Gasteiger partial charge in [-0.3, -0.25) is 9.89 Å². The van der Waals surface area contributed by atoms with Gasteiger partial charge < -0.3 is 9.88 Å². The van der Waals surface area contributed by atoms with Crippen LogP contribution in [0.15, 0.2) is 60.8 Å². The number of aryl methyl sites for hydroxylation is 1. The van der Waals surface area contributed by atoms with E-state index < -0.39 is 0 Å². The number of rotatable bonds is 5. The Morgan fingerprint density at radius 1 is 1.14 bits per heavy atom. The number of nitrogens with one attached hydrogen (secondary N) is 2. The van der Waals surface area contributed by atoms with E-state index in [4.69, 9.17) is 17.3 Å². The van der Waals surface area contributed by atoms with Crippen LogP contribution < -0.4 is 5.32 Å². The van der Waals surface area contributed by atoms with Crippen molar-refractivity contribution in [3.8, 4) is 16.9 Å². The molecule has 2 aromatic heterocycles. The Kier molecular flexibility index (Phi) is 5.09. The normalized spacial score (nSPS) is 10.8. The van der Waals surface area contributed by atoms with E-state index in [2.05, 4.69) is 15.5 Å². The second-order valence-corrected chi connectivity index (χ2v) is 7.06.